The number of carbonyl (C=O) groups excluding carboxylic acids is 2. The van der Waals surface area contributed by atoms with Gasteiger partial charge in [0.1, 0.15) is 5.82 Å². The Bertz CT molecular complexity index is 1310. The molecule has 0 aliphatic rings. The predicted octanol–water partition coefficient (Wildman–Crippen LogP) is 4.70. The minimum Gasteiger partial charge on any atom is -0.504 e. The van der Waals surface area contributed by atoms with E-state index in [1.807, 2.05) is 0 Å². The average Bonchev–Trinajstić information content (AvgIpc) is 2.87. The molecule has 8 heteroatoms. The maximum atomic E-state index is 13.7. The van der Waals surface area contributed by atoms with Gasteiger partial charge in [0.2, 0.25) is 0 Å². The predicted molar refractivity (Wildman–Crippen MR) is 141 cm³/mol. The average molecular weight is 506 g/mol. The number of hydrogen-bond acceptors (Lipinski definition) is 6. The van der Waals surface area contributed by atoms with Crippen LogP contribution >= 0.6 is 9.24 Å². The summed E-state index contributed by atoms with van der Waals surface area (Å²) in [4.78, 5) is 26.1. The van der Waals surface area contributed by atoms with Gasteiger partial charge in [-0.2, -0.15) is 0 Å². The monoisotopic (exact) mass is 506 g/mol. The number of hydrogen-bond donors (Lipinski definition) is 2. The van der Waals surface area contributed by atoms with E-state index in [0.717, 1.165) is 0 Å². The second-order valence-corrected chi connectivity index (χ2v) is 8.22. The highest BCUT2D eigenvalue weighted by Crippen LogP contribution is 2.28. The quantitative estimate of drug-likeness (QED) is 0.189. The zero-order chi connectivity index (χ0) is 26.2. The van der Waals surface area contributed by atoms with E-state index in [0.29, 0.717) is 22.0 Å². The Balaban J connectivity index is 1.95. The topological polar surface area (TPSA) is 93.1 Å². The summed E-state index contributed by atoms with van der Waals surface area (Å²) in [5.74, 6) is -1.19. The molecule has 36 heavy (non-hydrogen) atoms. The van der Waals surface area contributed by atoms with Crippen molar-refractivity contribution in [1.82, 2.24) is 0 Å². The molecule has 3 rings (SSSR count). The van der Waals surface area contributed by atoms with Gasteiger partial charge >= 0.3 is 0 Å². The molecule has 3 aromatic rings. The van der Waals surface area contributed by atoms with Gasteiger partial charge in [0.15, 0.2) is 34.6 Å². The number of benzene rings is 3. The molecule has 0 radical (unpaired) electrons. The first-order chi connectivity index (χ1) is 17.2. The standard InChI is InChI=1S/C28H24FO6P/c1-34-26-14-17(6-11-24(26)32)4-9-22(30)20(13-19-3-8-21(29)28(36)16-19)23(31)10-5-18-7-12-25(33)27(15-18)35-2/h3-16,32-33H,36H2,1-2H3/b9-4+,10-5+. The van der Waals surface area contributed by atoms with E-state index in [1.165, 1.54) is 74.9 Å². The number of phenols is 2. The summed E-state index contributed by atoms with van der Waals surface area (Å²) in [6.07, 6.45) is 6.84. The molecule has 1 unspecified atom stereocenters. The molecule has 184 valence electrons. The maximum Gasteiger partial charge on any atom is 0.189 e. The fourth-order valence-corrected chi connectivity index (χ4v) is 3.49. The Kier molecular flexibility index (Phi) is 8.76. The first-order valence-corrected chi connectivity index (χ1v) is 11.2. The van der Waals surface area contributed by atoms with E-state index >= 15 is 0 Å². The number of ketones is 2. The first kappa shape index (κ1) is 26.4. The number of halogens is 1. The molecule has 0 heterocycles. The molecule has 0 saturated carbocycles. The number of allylic oxidation sites excluding steroid dienone is 3. The van der Waals surface area contributed by atoms with E-state index in [9.17, 15) is 24.2 Å². The van der Waals surface area contributed by atoms with Crippen molar-refractivity contribution >= 4 is 44.3 Å². The van der Waals surface area contributed by atoms with Gasteiger partial charge in [-0.25, -0.2) is 4.39 Å². The molecule has 2 N–H and O–H groups in total. The van der Waals surface area contributed by atoms with Gasteiger partial charge in [0.05, 0.1) is 19.8 Å². The highest BCUT2D eigenvalue weighted by Gasteiger charge is 2.15. The van der Waals surface area contributed by atoms with Crippen molar-refractivity contribution in [2.75, 3.05) is 14.2 Å². The molecule has 0 amide bonds. The lowest BCUT2D eigenvalue weighted by atomic mass is 10.0. The highest BCUT2D eigenvalue weighted by molar-refractivity contribution is 7.27. The van der Waals surface area contributed by atoms with Gasteiger partial charge in [0.25, 0.3) is 0 Å². The number of aromatic hydroxyl groups is 2. The zero-order valence-electron chi connectivity index (χ0n) is 19.6. The Hall–Kier alpha value is -4.22. The van der Waals surface area contributed by atoms with E-state index in [1.54, 1.807) is 24.3 Å². The lowest BCUT2D eigenvalue weighted by molar-refractivity contribution is -0.116. The molecule has 0 aromatic heterocycles. The van der Waals surface area contributed by atoms with Crippen molar-refractivity contribution in [3.63, 3.8) is 0 Å². The van der Waals surface area contributed by atoms with Crippen LogP contribution in [-0.4, -0.2) is 36.0 Å². The van der Waals surface area contributed by atoms with Crippen molar-refractivity contribution < 1.29 is 33.7 Å². The molecule has 0 aliphatic carbocycles. The molecule has 6 nitrogen and oxygen atoms in total. The van der Waals surface area contributed by atoms with E-state index < -0.39 is 17.4 Å². The summed E-state index contributed by atoms with van der Waals surface area (Å²) in [6, 6.07) is 13.3. The molecule has 0 aliphatic heterocycles. The number of carbonyl (C=O) groups is 2. The molecule has 0 bridgehead atoms. The molecule has 1 atom stereocenters. The van der Waals surface area contributed by atoms with Crippen LogP contribution in [0, 0.1) is 5.82 Å². The first-order valence-electron chi connectivity index (χ1n) is 10.7. The summed E-state index contributed by atoms with van der Waals surface area (Å²) >= 11 is 0. The second kappa shape index (κ2) is 12.0. The molecular formula is C28H24FO6P. The zero-order valence-corrected chi connectivity index (χ0v) is 20.7. The van der Waals surface area contributed by atoms with Crippen LogP contribution in [0.2, 0.25) is 0 Å². The number of methoxy groups -OCH3 is 2. The fourth-order valence-electron chi connectivity index (χ4n) is 3.20. The van der Waals surface area contributed by atoms with Gasteiger partial charge in [-0.1, -0.05) is 30.4 Å². The third kappa shape index (κ3) is 6.68. The summed E-state index contributed by atoms with van der Waals surface area (Å²) in [5.41, 5.74) is 1.48. The van der Waals surface area contributed by atoms with Gasteiger partial charge < -0.3 is 19.7 Å². The molecule has 0 fully saturated rings. The van der Waals surface area contributed by atoms with Crippen molar-refractivity contribution in [3.05, 3.63) is 94.8 Å². The van der Waals surface area contributed by atoms with Crippen LogP contribution in [0.4, 0.5) is 4.39 Å². The van der Waals surface area contributed by atoms with E-state index in [-0.39, 0.29) is 28.6 Å². The summed E-state index contributed by atoms with van der Waals surface area (Å²) in [7, 11) is 5.08. The third-order valence-electron chi connectivity index (χ3n) is 5.12. The smallest absolute Gasteiger partial charge is 0.189 e. The normalized spacial score (nSPS) is 11.0. The second-order valence-electron chi connectivity index (χ2n) is 7.60. The minimum atomic E-state index is -0.574. The van der Waals surface area contributed by atoms with Gasteiger partial charge in [0, 0.05) is 5.30 Å². The summed E-state index contributed by atoms with van der Waals surface area (Å²) in [5, 5.41) is 19.8. The minimum absolute atomic E-state index is 0.0442. The van der Waals surface area contributed by atoms with Crippen LogP contribution in [0.3, 0.4) is 0 Å². The van der Waals surface area contributed by atoms with Crippen molar-refractivity contribution in [3.8, 4) is 23.0 Å². The van der Waals surface area contributed by atoms with Crippen molar-refractivity contribution in [2.45, 2.75) is 0 Å². The Morgan fingerprint density at radius 2 is 1.25 bits per heavy atom. The van der Waals surface area contributed by atoms with Crippen LogP contribution in [0.5, 0.6) is 23.0 Å². The molecule has 3 aromatic carbocycles. The summed E-state index contributed by atoms with van der Waals surface area (Å²) in [6.45, 7) is 0. The third-order valence-corrected chi connectivity index (χ3v) is 5.57. The Morgan fingerprint density at radius 1 is 0.778 bits per heavy atom. The fraction of sp³-hybridized carbons (Fsp3) is 0.0714. The lowest BCUT2D eigenvalue weighted by Gasteiger charge is -2.05. The number of ether oxygens (including phenoxy) is 2. The van der Waals surface area contributed by atoms with Gasteiger partial charge in [-0.15, -0.1) is 9.24 Å². The van der Waals surface area contributed by atoms with Gasteiger partial charge in [-0.05, 0) is 71.3 Å². The number of phenolic OH excluding ortho intramolecular Hbond substituents is 2. The summed E-state index contributed by atoms with van der Waals surface area (Å²) < 4.78 is 23.8. The Labute approximate surface area is 210 Å². The van der Waals surface area contributed by atoms with Crippen LogP contribution in [0.15, 0.2) is 72.3 Å². The van der Waals surface area contributed by atoms with Crippen LogP contribution in [0.1, 0.15) is 16.7 Å². The Morgan fingerprint density at radius 3 is 1.69 bits per heavy atom. The molecule has 0 spiro atoms. The van der Waals surface area contributed by atoms with E-state index in [2.05, 4.69) is 9.24 Å². The highest BCUT2D eigenvalue weighted by atomic mass is 31.0. The largest absolute Gasteiger partial charge is 0.504 e. The SMILES string of the molecule is COc1cc(/C=C/C(=O)C(=Cc2ccc(F)c(P)c2)C(=O)/C=C/c2ccc(O)c(OC)c2)ccc1O. The van der Waals surface area contributed by atoms with Crippen LogP contribution in [-0.2, 0) is 9.59 Å². The maximum absolute atomic E-state index is 13.7. The molecular weight excluding hydrogens is 482 g/mol. The van der Waals surface area contributed by atoms with E-state index in [4.69, 9.17) is 9.47 Å². The van der Waals surface area contributed by atoms with Crippen molar-refractivity contribution in [1.29, 1.82) is 0 Å². The number of rotatable bonds is 9. The van der Waals surface area contributed by atoms with Gasteiger partial charge in [-0.3, -0.25) is 9.59 Å². The van der Waals surface area contributed by atoms with Crippen LogP contribution < -0.4 is 14.8 Å². The van der Waals surface area contributed by atoms with Crippen LogP contribution in [0.25, 0.3) is 18.2 Å². The van der Waals surface area contributed by atoms with Crippen molar-refractivity contribution in [2.24, 2.45) is 0 Å². The molecule has 0 saturated heterocycles. The lowest BCUT2D eigenvalue weighted by Crippen LogP contribution is -2.09.